The number of anilines is 2. The van der Waals surface area contributed by atoms with Crippen LogP contribution in [0.5, 0.6) is 0 Å². The van der Waals surface area contributed by atoms with Crippen LogP contribution in [-0.4, -0.2) is 11.6 Å². The Kier molecular flexibility index (Phi) is 4.92. The highest BCUT2D eigenvalue weighted by Crippen LogP contribution is 2.37. The SMILES string of the molecule is CCCc1ccc2c(c1)c1cc(N(C)c3ccccc3)ccc1n2C1=CCCC=C1. The summed E-state index contributed by atoms with van der Waals surface area (Å²) in [6.07, 6.45) is 11.4. The minimum Gasteiger partial charge on any atom is -0.345 e. The number of allylic oxidation sites excluding steroid dienone is 4. The van der Waals surface area contributed by atoms with Crippen LogP contribution in [-0.2, 0) is 6.42 Å². The molecular weight excluding hydrogens is 364 g/mol. The summed E-state index contributed by atoms with van der Waals surface area (Å²) in [5.74, 6) is 0. The van der Waals surface area contributed by atoms with Crippen LogP contribution < -0.4 is 4.90 Å². The van der Waals surface area contributed by atoms with Crippen molar-refractivity contribution in [2.24, 2.45) is 0 Å². The minimum absolute atomic E-state index is 1.11. The predicted octanol–water partition coefficient (Wildman–Crippen LogP) is 7.71. The van der Waals surface area contributed by atoms with Crippen LogP contribution in [0.15, 0.2) is 85.0 Å². The largest absolute Gasteiger partial charge is 0.345 e. The fraction of sp³-hybridized carbons (Fsp3) is 0.214. The molecule has 0 fully saturated rings. The Balaban J connectivity index is 1.74. The summed E-state index contributed by atoms with van der Waals surface area (Å²) < 4.78 is 2.43. The van der Waals surface area contributed by atoms with E-state index < -0.39 is 0 Å². The zero-order valence-electron chi connectivity index (χ0n) is 17.8. The Morgan fingerprint density at radius 3 is 2.33 bits per heavy atom. The van der Waals surface area contributed by atoms with Gasteiger partial charge in [0.25, 0.3) is 0 Å². The number of hydrogen-bond acceptors (Lipinski definition) is 1. The van der Waals surface area contributed by atoms with E-state index in [1.165, 1.54) is 50.9 Å². The van der Waals surface area contributed by atoms with Gasteiger partial charge in [-0.25, -0.2) is 0 Å². The van der Waals surface area contributed by atoms with E-state index in [0.717, 1.165) is 19.3 Å². The summed E-state index contributed by atoms with van der Waals surface area (Å²) in [4.78, 5) is 2.26. The van der Waals surface area contributed by atoms with Gasteiger partial charge < -0.3 is 9.47 Å². The third kappa shape index (κ3) is 3.23. The van der Waals surface area contributed by atoms with Gasteiger partial charge in [-0.3, -0.25) is 0 Å². The van der Waals surface area contributed by atoms with E-state index in [4.69, 9.17) is 0 Å². The number of hydrogen-bond donors (Lipinski definition) is 0. The molecule has 1 aromatic heterocycles. The van der Waals surface area contributed by atoms with E-state index in [1.807, 2.05) is 0 Å². The normalized spacial score (nSPS) is 13.7. The van der Waals surface area contributed by atoms with Gasteiger partial charge >= 0.3 is 0 Å². The monoisotopic (exact) mass is 392 g/mol. The van der Waals surface area contributed by atoms with Crippen molar-refractivity contribution >= 4 is 38.9 Å². The van der Waals surface area contributed by atoms with Gasteiger partial charge in [0.2, 0.25) is 0 Å². The van der Waals surface area contributed by atoms with Crippen molar-refractivity contribution < 1.29 is 0 Å². The maximum absolute atomic E-state index is 2.43. The van der Waals surface area contributed by atoms with Gasteiger partial charge in [-0.2, -0.15) is 0 Å². The van der Waals surface area contributed by atoms with E-state index in [2.05, 4.69) is 108 Å². The average Bonchev–Trinajstić information content (AvgIpc) is 3.13. The number of fused-ring (bicyclic) bond motifs is 3. The van der Waals surface area contributed by atoms with E-state index in [0.29, 0.717) is 0 Å². The van der Waals surface area contributed by atoms with Gasteiger partial charge in [0.15, 0.2) is 0 Å². The number of rotatable bonds is 5. The smallest absolute Gasteiger partial charge is 0.0542 e. The molecule has 0 N–H and O–H groups in total. The Morgan fingerprint density at radius 1 is 0.833 bits per heavy atom. The Morgan fingerprint density at radius 2 is 1.60 bits per heavy atom. The maximum atomic E-state index is 2.43. The lowest BCUT2D eigenvalue weighted by Gasteiger charge is -2.20. The van der Waals surface area contributed by atoms with Crippen molar-refractivity contribution in [3.8, 4) is 0 Å². The maximum Gasteiger partial charge on any atom is 0.0542 e. The van der Waals surface area contributed by atoms with E-state index in [-0.39, 0.29) is 0 Å². The van der Waals surface area contributed by atoms with Crippen LogP contribution in [0.1, 0.15) is 31.7 Å². The van der Waals surface area contributed by atoms with Crippen LogP contribution in [0.25, 0.3) is 27.5 Å². The summed E-state index contributed by atoms with van der Waals surface area (Å²) in [5.41, 5.74) is 7.68. The number of para-hydroxylation sites is 1. The molecule has 0 saturated heterocycles. The molecule has 2 heteroatoms. The van der Waals surface area contributed by atoms with Crippen molar-refractivity contribution in [1.82, 2.24) is 4.57 Å². The van der Waals surface area contributed by atoms with E-state index >= 15 is 0 Å². The molecule has 0 unspecified atom stereocenters. The molecule has 0 atom stereocenters. The van der Waals surface area contributed by atoms with Crippen LogP contribution >= 0.6 is 0 Å². The van der Waals surface area contributed by atoms with Crippen LogP contribution in [0.2, 0.25) is 0 Å². The van der Waals surface area contributed by atoms with Gasteiger partial charge in [0.05, 0.1) is 11.0 Å². The van der Waals surface area contributed by atoms with Gasteiger partial charge in [0, 0.05) is 34.9 Å². The summed E-state index contributed by atoms with van der Waals surface area (Å²) in [7, 11) is 2.14. The van der Waals surface area contributed by atoms with Crippen LogP contribution in [0, 0.1) is 0 Å². The first-order valence-electron chi connectivity index (χ1n) is 11.0. The second-order valence-electron chi connectivity index (χ2n) is 8.14. The molecule has 150 valence electrons. The quantitative estimate of drug-likeness (QED) is 0.338. The Labute approximate surface area is 178 Å². The summed E-state index contributed by atoms with van der Waals surface area (Å²) in [6, 6.07) is 24.4. The van der Waals surface area contributed by atoms with Crippen LogP contribution in [0.3, 0.4) is 0 Å². The molecule has 1 aliphatic rings. The standard InChI is InChI=1S/C28H28N2/c1-3-10-21-15-17-27-25(19-21)26-20-24(29(2)22-11-6-4-7-12-22)16-18-28(26)30(27)23-13-8-5-9-14-23/h4,6-8,11-20H,3,5,9-10H2,1-2H3. The minimum atomic E-state index is 1.11. The zero-order valence-corrected chi connectivity index (χ0v) is 17.8. The molecule has 5 rings (SSSR count). The number of nitrogens with zero attached hydrogens (tertiary/aromatic N) is 2. The second kappa shape index (κ2) is 7.87. The fourth-order valence-electron chi connectivity index (χ4n) is 4.56. The first kappa shape index (κ1) is 18.7. The van der Waals surface area contributed by atoms with Crippen molar-refractivity contribution in [3.63, 3.8) is 0 Å². The third-order valence-electron chi connectivity index (χ3n) is 6.12. The molecule has 0 aliphatic heterocycles. The van der Waals surface area contributed by atoms with Crippen LogP contribution in [0.4, 0.5) is 11.4 Å². The fourth-order valence-corrected chi connectivity index (χ4v) is 4.56. The van der Waals surface area contributed by atoms with Gasteiger partial charge in [-0.05, 0) is 73.4 Å². The number of aromatic nitrogens is 1. The van der Waals surface area contributed by atoms with Crippen molar-refractivity contribution in [2.45, 2.75) is 32.6 Å². The first-order chi connectivity index (χ1) is 14.8. The lowest BCUT2D eigenvalue weighted by atomic mass is 10.1. The van der Waals surface area contributed by atoms with Crippen molar-refractivity contribution in [2.75, 3.05) is 11.9 Å². The van der Waals surface area contributed by atoms with Crippen molar-refractivity contribution in [1.29, 1.82) is 0 Å². The molecule has 0 amide bonds. The molecule has 0 saturated carbocycles. The molecule has 0 spiro atoms. The highest BCUT2D eigenvalue weighted by molar-refractivity contribution is 6.11. The molecule has 3 aromatic carbocycles. The summed E-state index contributed by atoms with van der Waals surface area (Å²) in [6.45, 7) is 2.25. The van der Waals surface area contributed by atoms with Crippen molar-refractivity contribution in [3.05, 3.63) is 90.5 Å². The number of benzene rings is 3. The lowest BCUT2D eigenvalue weighted by molar-refractivity contribution is 0.923. The molecular formula is C28H28N2. The molecule has 30 heavy (non-hydrogen) atoms. The zero-order chi connectivity index (χ0) is 20.5. The Bertz CT molecular complexity index is 1260. The molecule has 1 aliphatic carbocycles. The first-order valence-corrected chi connectivity index (χ1v) is 11.0. The van der Waals surface area contributed by atoms with E-state index in [9.17, 15) is 0 Å². The van der Waals surface area contributed by atoms with Gasteiger partial charge in [-0.15, -0.1) is 0 Å². The summed E-state index contributed by atoms with van der Waals surface area (Å²) in [5, 5.41) is 2.67. The average molecular weight is 393 g/mol. The topological polar surface area (TPSA) is 8.17 Å². The highest BCUT2D eigenvalue weighted by Gasteiger charge is 2.15. The predicted molar refractivity (Wildman–Crippen MR) is 131 cm³/mol. The van der Waals surface area contributed by atoms with E-state index in [1.54, 1.807) is 0 Å². The molecule has 2 nitrogen and oxygen atoms in total. The van der Waals surface area contributed by atoms with Gasteiger partial charge in [-0.1, -0.05) is 49.8 Å². The summed E-state index contributed by atoms with van der Waals surface area (Å²) >= 11 is 0. The lowest BCUT2D eigenvalue weighted by Crippen LogP contribution is -2.08. The number of aryl methyl sites for hydroxylation is 1. The van der Waals surface area contributed by atoms with Gasteiger partial charge in [0.1, 0.15) is 0 Å². The Hall–Kier alpha value is -3.26. The second-order valence-corrected chi connectivity index (χ2v) is 8.14. The molecule has 1 heterocycles. The molecule has 4 aromatic rings. The molecule has 0 bridgehead atoms. The molecule has 0 radical (unpaired) electrons. The third-order valence-corrected chi connectivity index (χ3v) is 6.12. The highest BCUT2D eigenvalue weighted by atomic mass is 15.1.